The lowest BCUT2D eigenvalue weighted by Gasteiger charge is -2.25. The van der Waals surface area contributed by atoms with Crippen molar-refractivity contribution in [1.82, 2.24) is 0 Å². The maximum atomic E-state index is 13.1. The summed E-state index contributed by atoms with van der Waals surface area (Å²) in [5, 5.41) is 9.70. The first-order valence-corrected chi connectivity index (χ1v) is 15.7. The van der Waals surface area contributed by atoms with Gasteiger partial charge in [-0.15, -0.1) is 0 Å². The van der Waals surface area contributed by atoms with Gasteiger partial charge in [-0.05, 0) is 48.0 Å². The fourth-order valence-corrected chi connectivity index (χ4v) is 4.81. The third-order valence-electron chi connectivity index (χ3n) is 7.37. The summed E-state index contributed by atoms with van der Waals surface area (Å²) in [6.45, 7) is -2.17. The van der Waals surface area contributed by atoms with Crippen molar-refractivity contribution in [2.75, 3.05) is 47.8 Å². The van der Waals surface area contributed by atoms with Crippen LogP contribution in [0.15, 0.2) is 97.1 Å². The van der Waals surface area contributed by atoms with Crippen LogP contribution in [0.3, 0.4) is 0 Å². The number of aliphatic hydroxyl groups is 1. The molecule has 51 heavy (non-hydrogen) atoms. The number of rotatable bonds is 18. The molecule has 0 aliphatic carbocycles. The van der Waals surface area contributed by atoms with Gasteiger partial charge in [0.05, 0.1) is 33.5 Å². The van der Waals surface area contributed by atoms with Gasteiger partial charge in [0.15, 0.2) is 0 Å². The summed E-state index contributed by atoms with van der Waals surface area (Å²) < 4.78 is 44.1. The van der Waals surface area contributed by atoms with Crippen LogP contribution in [-0.2, 0) is 30.3 Å². The SMILES string of the molecule is COc1ccccc1C(=O)OCC(COC(=O)c1ccccc1CO)OC(COC(=O)c1ccccc1OC)COC(=O)c1ccccc1OC. The van der Waals surface area contributed by atoms with Crippen molar-refractivity contribution in [3.63, 3.8) is 0 Å². The summed E-state index contributed by atoms with van der Waals surface area (Å²) in [6.07, 6.45) is -2.31. The first-order valence-electron chi connectivity index (χ1n) is 15.7. The lowest BCUT2D eigenvalue weighted by atomic mass is 10.1. The number of hydrogen-bond acceptors (Lipinski definition) is 13. The van der Waals surface area contributed by atoms with Crippen molar-refractivity contribution >= 4 is 23.9 Å². The highest BCUT2D eigenvalue weighted by atomic mass is 16.6. The molecule has 0 radical (unpaired) electrons. The second kappa shape index (κ2) is 19.3. The molecule has 0 heterocycles. The summed E-state index contributed by atoms with van der Waals surface area (Å²) in [6, 6.07) is 25.6. The van der Waals surface area contributed by atoms with E-state index < -0.39 is 69.1 Å². The van der Waals surface area contributed by atoms with Crippen LogP contribution in [-0.4, -0.2) is 88.9 Å². The highest BCUT2D eigenvalue weighted by Gasteiger charge is 2.26. The van der Waals surface area contributed by atoms with E-state index in [2.05, 4.69) is 0 Å². The summed E-state index contributed by atoms with van der Waals surface area (Å²) in [4.78, 5) is 52.3. The van der Waals surface area contributed by atoms with Crippen LogP contribution in [0, 0.1) is 0 Å². The molecule has 0 spiro atoms. The minimum atomic E-state index is -1.16. The number of aliphatic hydroxyl groups excluding tert-OH is 1. The Balaban J connectivity index is 1.56. The molecule has 0 saturated carbocycles. The Morgan fingerprint density at radius 3 is 1.10 bits per heavy atom. The Kier molecular flexibility index (Phi) is 14.4. The van der Waals surface area contributed by atoms with Gasteiger partial charge in [0, 0.05) is 0 Å². The summed E-state index contributed by atoms with van der Waals surface area (Å²) >= 11 is 0. The van der Waals surface area contributed by atoms with Gasteiger partial charge in [0.2, 0.25) is 0 Å². The first kappa shape index (κ1) is 37.9. The molecule has 13 heteroatoms. The number of carbonyl (C=O) groups is 4. The molecule has 4 rings (SSSR count). The zero-order valence-electron chi connectivity index (χ0n) is 28.3. The van der Waals surface area contributed by atoms with E-state index in [1.54, 1.807) is 72.8 Å². The van der Waals surface area contributed by atoms with Crippen LogP contribution in [0.5, 0.6) is 17.2 Å². The van der Waals surface area contributed by atoms with Gasteiger partial charge in [-0.2, -0.15) is 0 Å². The quantitative estimate of drug-likeness (QED) is 0.112. The van der Waals surface area contributed by atoms with Crippen LogP contribution in [0.25, 0.3) is 0 Å². The van der Waals surface area contributed by atoms with Gasteiger partial charge < -0.3 is 43.0 Å². The van der Waals surface area contributed by atoms with E-state index in [0.29, 0.717) is 5.56 Å². The fourth-order valence-electron chi connectivity index (χ4n) is 4.81. The summed E-state index contributed by atoms with van der Waals surface area (Å²) in [5.41, 5.74) is 0.887. The average molecular weight is 703 g/mol. The number of para-hydroxylation sites is 3. The predicted molar refractivity (Wildman–Crippen MR) is 181 cm³/mol. The van der Waals surface area contributed by atoms with E-state index in [4.69, 9.17) is 37.9 Å². The Morgan fingerprint density at radius 2 is 0.765 bits per heavy atom. The van der Waals surface area contributed by atoms with Crippen molar-refractivity contribution in [2.45, 2.75) is 18.8 Å². The molecule has 4 aromatic rings. The Hall–Kier alpha value is -5.92. The minimum Gasteiger partial charge on any atom is -0.496 e. The number of hydrogen-bond donors (Lipinski definition) is 1. The van der Waals surface area contributed by atoms with Gasteiger partial charge in [-0.1, -0.05) is 54.6 Å². The number of esters is 4. The molecule has 13 nitrogen and oxygen atoms in total. The number of methoxy groups -OCH3 is 3. The normalized spacial score (nSPS) is 11.2. The van der Waals surface area contributed by atoms with E-state index >= 15 is 0 Å². The van der Waals surface area contributed by atoms with Gasteiger partial charge in [-0.3, -0.25) is 0 Å². The topological polar surface area (TPSA) is 162 Å². The standard InChI is InChI=1S/C38H38O13/c1-44-32-17-9-6-14-29(32)36(41)48-22-26(21-47-35(40)28-13-5-4-12-25(28)20-39)51-27(23-49-37(42)30-15-7-10-18-33(30)45-2)24-50-38(43)31-16-8-11-19-34(31)46-3/h4-19,26-27,39H,20-24H2,1-3H3. The third kappa shape index (κ3) is 10.5. The van der Waals surface area contributed by atoms with Crippen LogP contribution in [0.4, 0.5) is 0 Å². The second-order valence-electron chi connectivity index (χ2n) is 10.7. The number of carbonyl (C=O) groups excluding carboxylic acids is 4. The van der Waals surface area contributed by atoms with E-state index in [0.717, 1.165) is 0 Å². The van der Waals surface area contributed by atoms with Crippen LogP contribution < -0.4 is 14.2 Å². The minimum absolute atomic E-state index is 0.123. The Labute approximate surface area is 294 Å². The second-order valence-corrected chi connectivity index (χ2v) is 10.7. The predicted octanol–water partition coefficient (Wildman–Crippen LogP) is 4.69. The Morgan fingerprint density at radius 1 is 0.471 bits per heavy atom. The molecule has 0 aliphatic heterocycles. The lowest BCUT2D eigenvalue weighted by molar-refractivity contribution is -0.105. The molecule has 0 aromatic heterocycles. The summed E-state index contributed by atoms with van der Waals surface area (Å²) in [5.74, 6) is -2.19. The smallest absolute Gasteiger partial charge is 0.342 e. The molecule has 4 aromatic carbocycles. The first-order chi connectivity index (χ1) is 24.8. The highest BCUT2D eigenvalue weighted by Crippen LogP contribution is 2.22. The number of benzene rings is 4. The third-order valence-corrected chi connectivity index (χ3v) is 7.37. The molecular weight excluding hydrogens is 664 g/mol. The molecular formula is C38H38O13. The van der Waals surface area contributed by atoms with E-state index in [-0.39, 0.29) is 39.5 Å². The molecule has 0 amide bonds. The van der Waals surface area contributed by atoms with Crippen molar-refractivity contribution in [2.24, 2.45) is 0 Å². The zero-order chi connectivity index (χ0) is 36.6. The monoisotopic (exact) mass is 702 g/mol. The maximum absolute atomic E-state index is 13.1. The van der Waals surface area contributed by atoms with E-state index in [1.165, 1.54) is 45.6 Å². The van der Waals surface area contributed by atoms with Gasteiger partial charge >= 0.3 is 23.9 Å². The van der Waals surface area contributed by atoms with E-state index in [1.807, 2.05) is 0 Å². The fraction of sp³-hybridized carbons (Fsp3) is 0.263. The molecule has 0 saturated heterocycles. The zero-order valence-corrected chi connectivity index (χ0v) is 28.3. The van der Waals surface area contributed by atoms with Crippen LogP contribution in [0.2, 0.25) is 0 Å². The lowest BCUT2D eigenvalue weighted by Crippen LogP contribution is -2.37. The molecule has 0 fully saturated rings. The largest absolute Gasteiger partial charge is 0.496 e. The number of ether oxygens (including phenoxy) is 8. The average Bonchev–Trinajstić information content (AvgIpc) is 3.18. The van der Waals surface area contributed by atoms with Crippen molar-refractivity contribution in [3.05, 3.63) is 125 Å². The maximum Gasteiger partial charge on any atom is 0.342 e. The molecule has 1 unspecified atom stereocenters. The molecule has 268 valence electrons. The van der Waals surface area contributed by atoms with Crippen LogP contribution in [0.1, 0.15) is 47.0 Å². The van der Waals surface area contributed by atoms with E-state index in [9.17, 15) is 24.3 Å². The van der Waals surface area contributed by atoms with Crippen molar-refractivity contribution in [3.8, 4) is 17.2 Å². The highest BCUT2D eigenvalue weighted by molar-refractivity contribution is 5.94. The molecule has 0 bridgehead atoms. The molecule has 1 N–H and O–H groups in total. The van der Waals surface area contributed by atoms with Gasteiger partial charge in [0.1, 0.15) is 72.6 Å². The van der Waals surface area contributed by atoms with Crippen molar-refractivity contribution < 1.29 is 62.2 Å². The Bertz CT molecular complexity index is 1530. The van der Waals surface area contributed by atoms with Crippen molar-refractivity contribution in [1.29, 1.82) is 0 Å². The molecule has 1 atom stereocenters. The van der Waals surface area contributed by atoms with Crippen LogP contribution >= 0.6 is 0 Å². The molecule has 0 aliphatic rings. The van der Waals surface area contributed by atoms with Gasteiger partial charge in [0.25, 0.3) is 0 Å². The summed E-state index contributed by atoms with van der Waals surface area (Å²) in [7, 11) is 4.23. The van der Waals surface area contributed by atoms with Gasteiger partial charge in [-0.25, -0.2) is 19.2 Å².